The average molecular weight is 547 g/mol. The molecule has 0 aliphatic carbocycles. The van der Waals surface area contributed by atoms with Crippen molar-refractivity contribution in [2.45, 2.75) is 37.4 Å². The molecule has 4 aromatic rings. The highest BCUT2D eigenvalue weighted by Crippen LogP contribution is 2.48. The summed E-state index contributed by atoms with van der Waals surface area (Å²) < 4.78 is 27.0. The number of ether oxygens (including phenoxy) is 2. The summed E-state index contributed by atoms with van der Waals surface area (Å²) >= 11 is 6.33. The van der Waals surface area contributed by atoms with Gasteiger partial charge in [0, 0.05) is 42.1 Å². The van der Waals surface area contributed by atoms with Crippen LogP contribution in [0, 0.1) is 5.82 Å². The monoisotopic (exact) mass is 546 g/mol. The highest BCUT2D eigenvalue weighted by Gasteiger charge is 2.46. The SMILES string of the molecule is O=C(Oc1ccc(F)cc1)N1CCC2c3cc(Cl)ccc3NC2C1c1ccc(OCCCn2ccnc2)cc1. The van der Waals surface area contributed by atoms with Gasteiger partial charge in [0.05, 0.1) is 25.0 Å². The largest absolute Gasteiger partial charge is 0.494 e. The molecule has 2 aliphatic rings. The van der Waals surface area contributed by atoms with E-state index in [0.717, 1.165) is 36.4 Å². The maximum Gasteiger partial charge on any atom is 0.415 e. The van der Waals surface area contributed by atoms with Crippen LogP contribution in [-0.4, -0.2) is 39.7 Å². The Hall–Kier alpha value is -4.04. The Morgan fingerprint density at radius 3 is 2.64 bits per heavy atom. The Kier molecular flexibility index (Phi) is 7.11. The molecule has 1 aromatic heterocycles. The summed E-state index contributed by atoms with van der Waals surface area (Å²) in [5, 5.41) is 4.34. The van der Waals surface area contributed by atoms with E-state index in [4.69, 9.17) is 21.1 Å². The fourth-order valence-corrected chi connectivity index (χ4v) is 5.74. The van der Waals surface area contributed by atoms with E-state index in [2.05, 4.69) is 10.3 Å². The van der Waals surface area contributed by atoms with E-state index in [1.165, 1.54) is 29.8 Å². The first-order chi connectivity index (χ1) is 19.0. The van der Waals surface area contributed by atoms with Crippen molar-refractivity contribution in [1.29, 1.82) is 0 Å². The summed E-state index contributed by atoms with van der Waals surface area (Å²) in [6.45, 7) is 1.93. The number of carbonyl (C=O) groups excluding carboxylic acids is 1. The number of benzene rings is 3. The van der Waals surface area contributed by atoms with Crippen LogP contribution < -0.4 is 14.8 Å². The second-order valence-corrected chi connectivity index (χ2v) is 10.3. The molecule has 0 bridgehead atoms. The molecule has 7 nitrogen and oxygen atoms in total. The van der Waals surface area contributed by atoms with Gasteiger partial charge in [-0.05, 0) is 78.6 Å². The zero-order valence-corrected chi connectivity index (χ0v) is 21.9. The molecule has 3 unspecified atom stereocenters. The van der Waals surface area contributed by atoms with Crippen molar-refractivity contribution < 1.29 is 18.7 Å². The molecule has 0 spiro atoms. The highest BCUT2D eigenvalue weighted by atomic mass is 35.5. The van der Waals surface area contributed by atoms with Crippen LogP contribution in [0.2, 0.25) is 5.02 Å². The van der Waals surface area contributed by atoms with E-state index in [0.29, 0.717) is 23.9 Å². The molecule has 9 heteroatoms. The van der Waals surface area contributed by atoms with Crippen molar-refractivity contribution in [3.63, 3.8) is 0 Å². The highest BCUT2D eigenvalue weighted by molar-refractivity contribution is 6.30. The van der Waals surface area contributed by atoms with Crippen molar-refractivity contribution in [1.82, 2.24) is 14.5 Å². The van der Waals surface area contributed by atoms with Gasteiger partial charge in [0.15, 0.2) is 0 Å². The van der Waals surface area contributed by atoms with E-state index < -0.39 is 6.09 Å². The van der Waals surface area contributed by atoms with Gasteiger partial charge in [-0.2, -0.15) is 0 Å². The molecule has 200 valence electrons. The van der Waals surface area contributed by atoms with E-state index in [1.807, 2.05) is 53.2 Å². The van der Waals surface area contributed by atoms with E-state index in [9.17, 15) is 9.18 Å². The Balaban J connectivity index is 1.21. The number of piperidine rings is 1. The third kappa shape index (κ3) is 5.43. The van der Waals surface area contributed by atoms with Gasteiger partial charge in [0.1, 0.15) is 17.3 Å². The standard InChI is InChI=1S/C30H28ClFN4O3/c31-21-4-11-27-26(18-21)25-12-15-36(30(37)39-24-9-5-22(32)6-10-24)29(28(25)34-27)20-2-7-23(8-3-20)38-17-1-14-35-16-13-33-19-35/h2-11,13,16,18-19,25,28-29,34H,1,12,14-15,17H2. The number of rotatable bonds is 7. The summed E-state index contributed by atoms with van der Waals surface area (Å²) in [5.74, 6) is 0.879. The van der Waals surface area contributed by atoms with Gasteiger partial charge in [-0.3, -0.25) is 4.90 Å². The summed E-state index contributed by atoms with van der Waals surface area (Å²) in [5.41, 5.74) is 3.17. The number of imidazole rings is 1. The van der Waals surface area contributed by atoms with Crippen LogP contribution in [0.3, 0.4) is 0 Å². The van der Waals surface area contributed by atoms with Crippen LogP contribution >= 0.6 is 11.6 Å². The molecule has 0 radical (unpaired) electrons. The Bertz CT molecular complexity index is 1430. The van der Waals surface area contributed by atoms with Crippen molar-refractivity contribution in [3.05, 3.63) is 107 Å². The molecular formula is C30H28ClFN4O3. The molecule has 1 saturated heterocycles. The van der Waals surface area contributed by atoms with E-state index in [-0.39, 0.29) is 23.8 Å². The topological polar surface area (TPSA) is 68.6 Å². The van der Waals surface area contributed by atoms with Crippen molar-refractivity contribution in [2.24, 2.45) is 0 Å². The normalized spacial score (nSPS) is 19.6. The van der Waals surface area contributed by atoms with Gasteiger partial charge < -0.3 is 19.4 Å². The Morgan fingerprint density at radius 2 is 1.87 bits per heavy atom. The summed E-state index contributed by atoms with van der Waals surface area (Å²) in [6.07, 6.45) is 6.64. The molecule has 0 saturated carbocycles. The lowest BCUT2D eigenvalue weighted by Gasteiger charge is -2.42. The third-order valence-corrected chi connectivity index (χ3v) is 7.62. The molecule has 3 heterocycles. The van der Waals surface area contributed by atoms with Crippen molar-refractivity contribution in [3.8, 4) is 11.5 Å². The van der Waals surface area contributed by atoms with Crippen LogP contribution in [0.25, 0.3) is 0 Å². The fourth-order valence-electron chi connectivity index (χ4n) is 5.56. The summed E-state index contributed by atoms with van der Waals surface area (Å²) in [4.78, 5) is 19.2. The Morgan fingerprint density at radius 1 is 1.08 bits per heavy atom. The number of hydrogen-bond donors (Lipinski definition) is 1. The number of nitrogens with one attached hydrogen (secondary N) is 1. The number of amides is 1. The predicted molar refractivity (Wildman–Crippen MR) is 147 cm³/mol. The minimum atomic E-state index is -0.472. The predicted octanol–water partition coefficient (Wildman–Crippen LogP) is 6.67. The number of anilines is 1. The lowest BCUT2D eigenvalue weighted by Crippen LogP contribution is -2.50. The van der Waals surface area contributed by atoms with Crippen LogP contribution in [0.15, 0.2) is 85.5 Å². The fraction of sp³-hybridized carbons (Fsp3) is 0.267. The number of halogens is 2. The molecule has 1 N–H and O–H groups in total. The first-order valence-electron chi connectivity index (χ1n) is 13.0. The number of hydrogen-bond acceptors (Lipinski definition) is 5. The maximum atomic E-state index is 13.4. The van der Waals surface area contributed by atoms with Crippen molar-refractivity contribution >= 4 is 23.4 Å². The molecular weight excluding hydrogens is 519 g/mol. The second-order valence-electron chi connectivity index (χ2n) is 9.83. The van der Waals surface area contributed by atoms with E-state index >= 15 is 0 Å². The summed E-state index contributed by atoms with van der Waals surface area (Å²) in [6, 6.07) is 18.9. The van der Waals surface area contributed by atoms with Crippen LogP contribution in [0.5, 0.6) is 11.5 Å². The lowest BCUT2D eigenvalue weighted by molar-refractivity contribution is 0.102. The molecule has 6 rings (SSSR count). The summed E-state index contributed by atoms with van der Waals surface area (Å²) in [7, 11) is 0. The molecule has 3 aromatic carbocycles. The number of nitrogens with zero attached hydrogens (tertiary/aromatic N) is 3. The molecule has 1 fully saturated rings. The Labute approximate surface area is 231 Å². The lowest BCUT2D eigenvalue weighted by atomic mass is 9.81. The van der Waals surface area contributed by atoms with Gasteiger partial charge in [-0.15, -0.1) is 0 Å². The van der Waals surface area contributed by atoms with Gasteiger partial charge >= 0.3 is 6.09 Å². The van der Waals surface area contributed by atoms with Crippen LogP contribution in [0.4, 0.5) is 14.9 Å². The zero-order chi connectivity index (χ0) is 26.8. The minimum absolute atomic E-state index is 0.0602. The van der Waals surface area contributed by atoms with E-state index in [1.54, 1.807) is 17.4 Å². The van der Waals surface area contributed by atoms with Gasteiger partial charge in [-0.1, -0.05) is 23.7 Å². The maximum absolute atomic E-state index is 13.4. The first-order valence-corrected chi connectivity index (χ1v) is 13.4. The molecule has 2 aliphatic heterocycles. The van der Waals surface area contributed by atoms with Crippen molar-refractivity contribution in [2.75, 3.05) is 18.5 Å². The number of carbonyl (C=O) groups is 1. The van der Waals surface area contributed by atoms with Crippen LogP contribution in [-0.2, 0) is 6.54 Å². The first kappa shape index (κ1) is 25.2. The number of fused-ring (bicyclic) bond motifs is 3. The minimum Gasteiger partial charge on any atom is -0.494 e. The molecule has 1 amide bonds. The van der Waals surface area contributed by atoms with Gasteiger partial charge in [0.25, 0.3) is 0 Å². The van der Waals surface area contributed by atoms with Crippen LogP contribution in [0.1, 0.15) is 35.9 Å². The number of likely N-dealkylation sites (tertiary alicyclic amines) is 1. The third-order valence-electron chi connectivity index (χ3n) is 7.39. The molecule has 39 heavy (non-hydrogen) atoms. The quantitative estimate of drug-likeness (QED) is 0.262. The van der Waals surface area contributed by atoms with Gasteiger partial charge in [-0.25, -0.2) is 14.2 Å². The number of aromatic nitrogens is 2. The number of aryl methyl sites for hydroxylation is 1. The smallest absolute Gasteiger partial charge is 0.415 e. The zero-order valence-electron chi connectivity index (χ0n) is 21.2. The van der Waals surface area contributed by atoms with Gasteiger partial charge in [0.2, 0.25) is 0 Å². The average Bonchev–Trinajstić information content (AvgIpc) is 3.60. The second kappa shape index (κ2) is 11.0. The molecule has 3 atom stereocenters.